The number of aliphatic hydroxyl groups excluding tert-OH is 3. The number of methoxy groups -OCH3 is 1. The second-order valence-electron chi connectivity index (χ2n) is 23.9. The van der Waals surface area contributed by atoms with Crippen LogP contribution in [-0.2, 0) is 78.1 Å². The molecule has 3 aliphatic carbocycles. The number of H-pyrrole nitrogens is 3. The Labute approximate surface area is 515 Å². The van der Waals surface area contributed by atoms with Gasteiger partial charge in [0.25, 0.3) is 0 Å². The molecule has 478 valence electrons. The molecule has 87 heavy (non-hydrogen) atoms. The van der Waals surface area contributed by atoms with Crippen LogP contribution in [0.25, 0.3) is 0 Å². The highest BCUT2D eigenvalue weighted by Crippen LogP contribution is 2.61. The molecule has 2 aromatic carbocycles. The van der Waals surface area contributed by atoms with Gasteiger partial charge in [-0.25, -0.2) is 0 Å². The maximum atomic E-state index is 10.8. The summed E-state index contributed by atoms with van der Waals surface area (Å²) in [7, 11) is 1.65. The van der Waals surface area contributed by atoms with Gasteiger partial charge >= 0.3 is 0 Å². The van der Waals surface area contributed by atoms with Gasteiger partial charge in [-0.1, -0.05) is 26.8 Å². The fourth-order valence-electron chi connectivity index (χ4n) is 14.1. The van der Waals surface area contributed by atoms with E-state index in [0.717, 1.165) is 84.6 Å². The van der Waals surface area contributed by atoms with Crippen molar-refractivity contribution in [2.24, 2.45) is 27.2 Å². The summed E-state index contributed by atoms with van der Waals surface area (Å²) in [5.74, 6) is 3.79. The molecule has 5 aromatic rings. The standard InChI is InChI=1S/C69H99N5O13/c1-7-50-51(8-2)59-41-61-53(12-10-22-76)47(4)65(74-61)45-71-63-43-67(66(86-37-34-83-30-25-79-24-23-78-6)42-62(63)70-44-64-46(3)52(11-9-21-75)60(73-64)40-58(50)72-59)87-38-35-84-32-29-81-27-26-80-28-31-82-33-36-85-49-14-16-54-48(39-49)13-15-56-55(54)19-20-69(5)57(56)17-18-68(69)77/h14,16,39,42-45,55-57,68,72-77H,7-13,15,17-38,40-41H2,1-6H3. The minimum absolute atomic E-state index is 0.0981. The Morgan fingerprint density at radius 3 is 1.51 bits per heavy atom. The van der Waals surface area contributed by atoms with E-state index in [1.54, 1.807) is 7.11 Å². The molecule has 3 aromatic heterocycles. The number of aliphatic hydroxyl groups is 3. The maximum absolute atomic E-state index is 10.8. The molecule has 5 unspecified atom stereocenters. The van der Waals surface area contributed by atoms with Crippen LogP contribution in [0.5, 0.6) is 17.2 Å². The van der Waals surface area contributed by atoms with Gasteiger partial charge in [-0.2, -0.15) is 0 Å². The normalized spacial score (nSPS) is 19.6. The summed E-state index contributed by atoms with van der Waals surface area (Å²) in [6, 6.07) is 10.4. The monoisotopic (exact) mass is 1210 g/mol. The Morgan fingerprint density at radius 1 is 0.552 bits per heavy atom. The molecule has 6 N–H and O–H groups in total. The van der Waals surface area contributed by atoms with E-state index < -0.39 is 0 Å². The number of aliphatic imine (C=N–C) groups is 2. The number of aromatic nitrogens is 3. The van der Waals surface area contributed by atoms with E-state index in [0.29, 0.717) is 159 Å². The van der Waals surface area contributed by atoms with Gasteiger partial charge in [0.15, 0.2) is 11.5 Å². The summed E-state index contributed by atoms with van der Waals surface area (Å²) < 4.78 is 58.8. The number of ether oxygens (including phenoxy) is 10. The fraction of sp³-hybridized carbons (Fsp3) is 0.623. The SMILES string of the molecule is CCc1c2[nH]c(c1CC)Cc1[nH]c(c(C)c1CCCO)C=Nc1cc(OCCOCCOCCOCCOCCOc3ccc4c(c3)CCC3C4CCC4(C)C(O)CCC34)c(OCCOCCOCCOC)cc1N=Cc1[nH]c(c(CCCO)c1C)C2. The molecule has 4 heterocycles. The molecule has 18 heteroatoms. The Bertz CT molecular complexity index is 3000. The fourth-order valence-corrected chi connectivity index (χ4v) is 14.1. The number of hydrogen-bond donors (Lipinski definition) is 6. The number of benzene rings is 2. The van der Waals surface area contributed by atoms with Gasteiger partial charge in [-0.3, -0.25) is 9.98 Å². The molecule has 0 saturated heterocycles. The Hall–Kier alpha value is -5.38. The van der Waals surface area contributed by atoms with Crippen molar-refractivity contribution in [1.29, 1.82) is 0 Å². The quantitative estimate of drug-likeness (QED) is 0.0204. The molecule has 18 nitrogen and oxygen atoms in total. The molecule has 6 bridgehead atoms. The van der Waals surface area contributed by atoms with E-state index in [9.17, 15) is 15.3 Å². The van der Waals surface area contributed by atoms with E-state index >= 15 is 0 Å². The van der Waals surface area contributed by atoms with Crippen molar-refractivity contribution in [2.75, 3.05) is 126 Å². The van der Waals surface area contributed by atoms with Crippen LogP contribution in [0.4, 0.5) is 11.4 Å². The number of nitrogens with one attached hydrogen (secondary N) is 3. The Morgan fingerprint density at radius 2 is 1.02 bits per heavy atom. The van der Waals surface area contributed by atoms with E-state index in [1.165, 1.54) is 64.0 Å². The van der Waals surface area contributed by atoms with Crippen molar-refractivity contribution in [2.45, 2.75) is 137 Å². The van der Waals surface area contributed by atoms with Crippen molar-refractivity contribution in [3.05, 3.63) is 109 Å². The molecule has 0 radical (unpaired) electrons. The van der Waals surface area contributed by atoms with Crippen LogP contribution in [0, 0.1) is 31.1 Å². The average molecular weight is 1210 g/mol. The first-order valence-electron chi connectivity index (χ1n) is 32.3. The minimum Gasteiger partial charge on any atom is -0.491 e. The largest absolute Gasteiger partial charge is 0.491 e. The topological polar surface area (TPSA) is 225 Å². The summed E-state index contributed by atoms with van der Waals surface area (Å²) in [5, 5.41) is 30.7. The van der Waals surface area contributed by atoms with E-state index in [-0.39, 0.29) is 37.9 Å². The van der Waals surface area contributed by atoms with Gasteiger partial charge in [-0.15, -0.1) is 0 Å². The molecule has 9 rings (SSSR count). The van der Waals surface area contributed by atoms with E-state index in [2.05, 4.69) is 67.8 Å². The molecule has 2 fully saturated rings. The molecule has 0 amide bonds. The van der Waals surface area contributed by atoms with Crippen LogP contribution in [0.3, 0.4) is 0 Å². The second kappa shape index (κ2) is 33.4. The van der Waals surface area contributed by atoms with Crippen LogP contribution in [0.2, 0.25) is 0 Å². The van der Waals surface area contributed by atoms with Crippen LogP contribution >= 0.6 is 0 Å². The van der Waals surface area contributed by atoms with Crippen molar-refractivity contribution < 1.29 is 62.7 Å². The third-order valence-corrected chi connectivity index (χ3v) is 18.7. The third kappa shape index (κ3) is 16.9. The summed E-state index contributed by atoms with van der Waals surface area (Å²) in [6.45, 7) is 17.8. The van der Waals surface area contributed by atoms with E-state index in [1.807, 2.05) is 24.6 Å². The lowest BCUT2D eigenvalue weighted by molar-refractivity contribution is -0.0226. The average Bonchev–Trinajstić information content (AvgIpc) is 1.92. The van der Waals surface area contributed by atoms with E-state index in [4.69, 9.17) is 57.4 Å². The molecule has 4 aliphatic rings. The number of nitrogens with zero attached hydrogens (tertiary/aromatic N) is 2. The van der Waals surface area contributed by atoms with Gasteiger partial charge in [0.05, 0.1) is 127 Å². The number of rotatable bonds is 35. The zero-order chi connectivity index (χ0) is 61.0. The number of aromatic amines is 3. The lowest BCUT2D eigenvalue weighted by Crippen LogP contribution is -2.43. The van der Waals surface area contributed by atoms with Crippen LogP contribution in [-0.4, -0.2) is 175 Å². The predicted octanol–water partition coefficient (Wildman–Crippen LogP) is 10.1. The zero-order valence-corrected chi connectivity index (χ0v) is 52.8. The van der Waals surface area contributed by atoms with Gasteiger partial charge in [0.2, 0.25) is 0 Å². The first-order chi connectivity index (χ1) is 42.6. The lowest BCUT2D eigenvalue weighted by Gasteiger charge is -2.50. The molecule has 0 spiro atoms. The number of hydrogen-bond acceptors (Lipinski definition) is 15. The second-order valence-corrected chi connectivity index (χ2v) is 23.9. The smallest absolute Gasteiger partial charge is 0.163 e. The zero-order valence-electron chi connectivity index (χ0n) is 52.8. The highest BCUT2D eigenvalue weighted by atomic mass is 16.6. The van der Waals surface area contributed by atoms with Gasteiger partial charge in [-0.05, 0) is 171 Å². The number of fused-ring (bicyclic) bond motifs is 12. The third-order valence-electron chi connectivity index (χ3n) is 18.7. The van der Waals surface area contributed by atoms with Crippen LogP contribution in [0.1, 0.15) is 150 Å². The van der Waals surface area contributed by atoms with Gasteiger partial charge in [0, 0.05) is 68.1 Å². The van der Waals surface area contributed by atoms with Crippen molar-refractivity contribution >= 4 is 23.8 Å². The molecular formula is C69H99N5O13. The number of aryl methyl sites for hydroxylation is 1. The highest BCUT2D eigenvalue weighted by Gasteiger charge is 2.54. The van der Waals surface area contributed by atoms with Crippen molar-refractivity contribution in [3.63, 3.8) is 0 Å². The van der Waals surface area contributed by atoms with Crippen LogP contribution < -0.4 is 14.2 Å². The summed E-state index contributed by atoms with van der Waals surface area (Å²) in [6.07, 6.45) is 16.2. The summed E-state index contributed by atoms with van der Waals surface area (Å²) in [4.78, 5) is 21.6. The first kappa shape index (κ1) is 66.0. The summed E-state index contributed by atoms with van der Waals surface area (Å²) in [5.41, 5.74) is 17.8. The maximum Gasteiger partial charge on any atom is 0.163 e. The Balaban J connectivity index is 0.782. The predicted molar refractivity (Wildman–Crippen MR) is 338 cm³/mol. The molecule has 5 atom stereocenters. The lowest BCUT2D eigenvalue weighted by atomic mass is 9.55. The van der Waals surface area contributed by atoms with Crippen LogP contribution in [0.15, 0.2) is 40.3 Å². The van der Waals surface area contributed by atoms with Crippen molar-refractivity contribution in [1.82, 2.24) is 15.0 Å². The molecular weight excluding hydrogens is 1110 g/mol. The van der Waals surface area contributed by atoms with Gasteiger partial charge in [0.1, 0.15) is 25.6 Å². The summed E-state index contributed by atoms with van der Waals surface area (Å²) >= 11 is 0. The molecule has 1 aliphatic heterocycles. The Kier molecular flexibility index (Phi) is 25.4. The van der Waals surface area contributed by atoms with Gasteiger partial charge < -0.3 is 77.6 Å². The highest BCUT2D eigenvalue weighted by molar-refractivity contribution is 5.88. The first-order valence-corrected chi connectivity index (χ1v) is 32.3. The van der Waals surface area contributed by atoms with Crippen molar-refractivity contribution in [3.8, 4) is 17.2 Å². The molecule has 2 saturated carbocycles. The minimum atomic E-state index is -0.140.